The molecule has 2 N–H and O–H groups in total. The van der Waals surface area contributed by atoms with E-state index in [1.165, 1.54) is 0 Å². The number of nitrogens with zero attached hydrogens (tertiary/aromatic N) is 1. The Morgan fingerprint density at radius 2 is 2.12 bits per heavy atom. The first kappa shape index (κ1) is 16.2. The topological polar surface area (TPSA) is 63.4 Å². The summed E-state index contributed by atoms with van der Waals surface area (Å²) in [7, 11) is -2.82. The molecule has 2 unspecified atom stereocenters. The lowest BCUT2D eigenvalue weighted by Crippen LogP contribution is -2.32. The van der Waals surface area contributed by atoms with Gasteiger partial charge in [-0.1, -0.05) is 6.92 Å². The molecule has 1 saturated heterocycles. The fraction of sp³-hybridized carbons (Fsp3) is 1.00. The summed E-state index contributed by atoms with van der Waals surface area (Å²) in [5, 5.41) is 0. The van der Waals surface area contributed by atoms with Crippen molar-refractivity contribution in [3.63, 3.8) is 0 Å². The van der Waals surface area contributed by atoms with Crippen molar-refractivity contribution in [1.29, 1.82) is 0 Å². The maximum Gasteiger partial charge on any atom is 0.151 e. The largest absolute Gasteiger partial charge is 0.328 e. The Hall–Kier alpha value is 0.160. The highest BCUT2D eigenvalue weighted by Gasteiger charge is 2.25. The summed E-state index contributed by atoms with van der Waals surface area (Å²) in [4.78, 5) is 2.21. The average molecular weight is 271 g/mol. The minimum absolute atomic E-state index is 0. The highest BCUT2D eigenvalue weighted by atomic mass is 35.5. The predicted molar refractivity (Wildman–Crippen MR) is 69.8 cm³/mol. The second-order valence-corrected chi connectivity index (χ2v) is 6.92. The monoisotopic (exact) mass is 270 g/mol. The Morgan fingerprint density at radius 1 is 1.50 bits per heavy atom. The van der Waals surface area contributed by atoms with Gasteiger partial charge in [-0.25, -0.2) is 8.42 Å². The van der Waals surface area contributed by atoms with Crippen molar-refractivity contribution in [2.24, 2.45) is 11.7 Å². The Balaban J connectivity index is 0.00000225. The molecule has 2 atom stereocenters. The molecule has 1 aliphatic heterocycles. The molecule has 0 aliphatic carbocycles. The van der Waals surface area contributed by atoms with Gasteiger partial charge in [-0.05, 0) is 25.8 Å². The van der Waals surface area contributed by atoms with Gasteiger partial charge in [0.2, 0.25) is 0 Å². The number of nitrogens with two attached hydrogens (primary N) is 1. The Morgan fingerprint density at radius 3 is 2.56 bits per heavy atom. The number of halogens is 1. The van der Waals surface area contributed by atoms with E-state index in [0.29, 0.717) is 12.5 Å². The third-order valence-electron chi connectivity index (χ3n) is 3.21. The Labute approximate surface area is 105 Å². The molecule has 0 radical (unpaired) electrons. The van der Waals surface area contributed by atoms with Gasteiger partial charge in [0.15, 0.2) is 9.84 Å². The number of hydrogen-bond donors (Lipinski definition) is 1. The minimum atomic E-state index is -2.82. The number of hydrogen-bond acceptors (Lipinski definition) is 4. The molecule has 4 nitrogen and oxygen atoms in total. The molecule has 1 fully saturated rings. The van der Waals surface area contributed by atoms with E-state index >= 15 is 0 Å². The second-order valence-electron chi connectivity index (χ2n) is 4.44. The quantitative estimate of drug-likeness (QED) is 0.791. The molecule has 0 aromatic carbocycles. The molecular weight excluding hydrogens is 248 g/mol. The predicted octanol–water partition coefficient (Wildman–Crippen LogP) is 0.512. The third kappa shape index (κ3) is 4.99. The molecule has 1 rings (SSSR count). The Bertz CT molecular complexity index is 293. The van der Waals surface area contributed by atoms with Crippen molar-refractivity contribution in [1.82, 2.24) is 4.90 Å². The van der Waals surface area contributed by atoms with E-state index in [0.717, 1.165) is 19.5 Å². The van der Waals surface area contributed by atoms with E-state index in [2.05, 4.69) is 4.90 Å². The molecule has 1 aliphatic rings. The molecule has 0 aromatic rings. The van der Waals surface area contributed by atoms with Crippen LogP contribution in [0.2, 0.25) is 0 Å². The lowest BCUT2D eigenvalue weighted by molar-refractivity contribution is 0.332. The maximum atomic E-state index is 11.3. The van der Waals surface area contributed by atoms with Gasteiger partial charge in [0.05, 0.1) is 5.75 Å². The zero-order chi connectivity index (χ0) is 11.5. The molecule has 1 heterocycles. The molecule has 16 heavy (non-hydrogen) atoms. The van der Waals surface area contributed by atoms with Crippen molar-refractivity contribution in [2.75, 3.05) is 31.1 Å². The van der Waals surface area contributed by atoms with Crippen LogP contribution in [0.25, 0.3) is 0 Å². The van der Waals surface area contributed by atoms with Gasteiger partial charge in [0.25, 0.3) is 0 Å². The van der Waals surface area contributed by atoms with Crippen LogP contribution in [0.5, 0.6) is 0 Å². The van der Waals surface area contributed by atoms with Crippen LogP contribution < -0.4 is 5.73 Å². The van der Waals surface area contributed by atoms with Crippen LogP contribution in [0.1, 0.15) is 20.3 Å². The summed E-state index contributed by atoms with van der Waals surface area (Å²) in [5.41, 5.74) is 5.82. The van der Waals surface area contributed by atoms with Crippen molar-refractivity contribution in [2.45, 2.75) is 26.3 Å². The number of rotatable bonds is 5. The SMILES string of the molecule is CCS(=O)(=O)CCN1CCC(C(C)N)C1.Cl. The van der Waals surface area contributed by atoms with Crippen molar-refractivity contribution in [3.8, 4) is 0 Å². The van der Waals surface area contributed by atoms with E-state index in [4.69, 9.17) is 5.73 Å². The molecule has 98 valence electrons. The highest BCUT2D eigenvalue weighted by Crippen LogP contribution is 2.18. The van der Waals surface area contributed by atoms with Crippen LogP contribution in [0.15, 0.2) is 0 Å². The zero-order valence-electron chi connectivity index (χ0n) is 10.1. The van der Waals surface area contributed by atoms with E-state index in [-0.39, 0.29) is 30.0 Å². The Kier molecular flexibility index (Phi) is 6.86. The van der Waals surface area contributed by atoms with Crippen LogP contribution in [0.4, 0.5) is 0 Å². The van der Waals surface area contributed by atoms with Gasteiger partial charge in [0, 0.05) is 24.9 Å². The zero-order valence-corrected chi connectivity index (χ0v) is 11.7. The van der Waals surface area contributed by atoms with E-state index in [1.807, 2.05) is 6.92 Å². The summed E-state index contributed by atoms with van der Waals surface area (Å²) in [6.07, 6.45) is 1.10. The fourth-order valence-corrected chi connectivity index (χ4v) is 2.73. The fourth-order valence-electron chi connectivity index (χ4n) is 1.91. The standard InChI is InChI=1S/C10H22N2O2S.ClH/c1-3-15(13,14)7-6-12-5-4-10(8-12)9(2)11;/h9-10H,3-8,11H2,1-2H3;1H. The summed E-state index contributed by atoms with van der Waals surface area (Å²) in [5.74, 6) is 1.07. The van der Waals surface area contributed by atoms with Crippen LogP contribution in [-0.4, -0.2) is 50.5 Å². The third-order valence-corrected chi connectivity index (χ3v) is 4.89. The van der Waals surface area contributed by atoms with E-state index in [9.17, 15) is 8.42 Å². The molecule has 6 heteroatoms. The normalized spacial score (nSPS) is 24.1. The molecule has 0 saturated carbocycles. The van der Waals surface area contributed by atoms with Gasteiger partial charge in [-0.2, -0.15) is 0 Å². The van der Waals surface area contributed by atoms with Crippen molar-refractivity contribution >= 4 is 22.2 Å². The smallest absolute Gasteiger partial charge is 0.151 e. The first-order valence-electron chi connectivity index (χ1n) is 5.63. The summed E-state index contributed by atoms with van der Waals surface area (Å²) >= 11 is 0. The van der Waals surface area contributed by atoms with Crippen LogP contribution >= 0.6 is 12.4 Å². The highest BCUT2D eigenvalue weighted by molar-refractivity contribution is 7.91. The summed E-state index contributed by atoms with van der Waals surface area (Å²) in [6.45, 7) is 6.34. The molecule has 0 spiro atoms. The first-order chi connectivity index (χ1) is 6.94. The summed E-state index contributed by atoms with van der Waals surface area (Å²) < 4.78 is 22.6. The lowest BCUT2D eigenvalue weighted by Gasteiger charge is -2.17. The average Bonchev–Trinajstić information content (AvgIpc) is 2.63. The lowest BCUT2D eigenvalue weighted by atomic mass is 10.0. The molecule has 0 aromatic heterocycles. The first-order valence-corrected chi connectivity index (χ1v) is 7.45. The van der Waals surface area contributed by atoms with Crippen LogP contribution in [0.3, 0.4) is 0 Å². The number of sulfone groups is 1. The van der Waals surface area contributed by atoms with Gasteiger partial charge >= 0.3 is 0 Å². The van der Waals surface area contributed by atoms with Gasteiger partial charge in [-0.15, -0.1) is 12.4 Å². The molecule has 0 bridgehead atoms. The molecule has 0 amide bonds. The van der Waals surface area contributed by atoms with Crippen molar-refractivity contribution in [3.05, 3.63) is 0 Å². The summed E-state index contributed by atoms with van der Waals surface area (Å²) in [6, 6.07) is 0.220. The van der Waals surface area contributed by atoms with E-state index < -0.39 is 9.84 Å². The minimum Gasteiger partial charge on any atom is -0.328 e. The van der Waals surface area contributed by atoms with Crippen LogP contribution in [0, 0.1) is 5.92 Å². The van der Waals surface area contributed by atoms with Gasteiger partial charge in [-0.3, -0.25) is 0 Å². The maximum absolute atomic E-state index is 11.3. The van der Waals surface area contributed by atoms with E-state index in [1.54, 1.807) is 6.92 Å². The molecular formula is C10H23ClN2O2S. The van der Waals surface area contributed by atoms with Gasteiger partial charge in [0.1, 0.15) is 0 Å². The van der Waals surface area contributed by atoms with Crippen LogP contribution in [-0.2, 0) is 9.84 Å². The number of likely N-dealkylation sites (tertiary alicyclic amines) is 1. The van der Waals surface area contributed by atoms with Gasteiger partial charge < -0.3 is 10.6 Å². The second kappa shape index (κ2) is 6.79. The van der Waals surface area contributed by atoms with Crippen molar-refractivity contribution < 1.29 is 8.42 Å².